The van der Waals surface area contributed by atoms with Gasteiger partial charge in [0.1, 0.15) is 5.71 Å². The van der Waals surface area contributed by atoms with E-state index in [-0.39, 0.29) is 11.6 Å². The average molecular weight is 199 g/mol. The molecule has 0 aromatic carbocycles. The van der Waals surface area contributed by atoms with Crippen LogP contribution in [0.3, 0.4) is 0 Å². The second kappa shape index (κ2) is 5.59. The first-order valence-electron chi connectivity index (χ1n) is 4.91. The molecule has 0 aromatic heterocycles. The average Bonchev–Trinajstić information content (AvgIpc) is 2.26. The van der Waals surface area contributed by atoms with E-state index < -0.39 is 0 Å². The smallest absolute Gasteiger partial charge is 0.268 e. The van der Waals surface area contributed by atoms with Crippen LogP contribution in [0.1, 0.15) is 19.8 Å². The van der Waals surface area contributed by atoms with Crippen molar-refractivity contribution in [2.45, 2.75) is 19.8 Å². The summed E-state index contributed by atoms with van der Waals surface area (Å²) in [5.74, 6) is 0.262. The van der Waals surface area contributed by atoms with Gasteiger partial charge >= 0.3 is 0 Å². The van der Waals surface area contributed by atoms with E-state index in [1.54, 1.807) is 0 Å². The zero-order valence-electron chi connectivity index (χ0n) is 8.42. The van der Waals surface area contributed by atoms with Crippen molar-refractivity contribution in [1.82, 2.24) is 10.6 Å². The minimum absolute atomic E-state index is 0.110. The monoisotopic (exact) mass is 199 g/mol. The van der Waals surface area contributed by atoms with E-state index in [0.717, 1.165) is 25.9 Å². The van der Waals surface area contributed by atoms with Gasteiger partial charge in [-0.15, -0.1) is 0 Å². The number of amides is 1. The zero-order valence-corrected chi connectivity index (χ0v) is 8.42. The second-order valence-electron chi connectivity index (χ2n) is 3.59. The molecule has 0 unspecified atom stereocenters. The lowest BCUT2D eigenvalue weighted by molar-refractivity contribution is -0.115. The van der Waals surface area contributed by atoms with E-state index in [2.05, 4.69) is 15.8 Å². The quantitative estimate of drug-likeness (QED) is 0.339. The maximum Gasteiger partial charge on any atom is 0.268 e. The lowest BCUT2D eigenvalue weighted by atomic mass is 9.98. The Kier molecular flexibility index (Phi) is 4.39. The van der Waals surface area contributed by atoms with Crippen LogP contribution in [0, 0.1) is 5.92 Å². The van der Waals surface area contributed by atoms with Crippen molar-refractivity contribution in [1.29, 1.82) is 0 Å². The number of nitrogens with one attached hydrogen (secondary N) is 2. The highest BCUT2D eigenvalue weighted by Gasteiger charge is 2.14. The Bertz CT molecular complexity index is 222. The van der Waals surface area contributed by atoms with Crippen LogP contribution >= 0.6 is 0 Å². The number of carbonyl (C=O) groups is 1. The minimum atomic E-state index is -0.286. The SMILES string of the molecule is C/C(=N\O)C(=O)NCC1CCNCC1. The summed E-state index contributed by atoms with van der Waals surface area (Å²) in [5, 5.41) is 17.2. The largest absolute Gasteiger partial charge is 0.410 e. The third-order valence-corrected chi connectivity index (χ3v) is 2.49. The molecular formula is C9H17N3O2. The van der Waals surface area contributed by atoms with Crippen molar-refractivity contribution >= 4 is 11.6 Å². The third-order valence-electron chi connectivity index (χ3n) is 2.49. The Balaban J connectivity index is 2.22. The number of hydrogen-bond donors (Lipinski definition) is 3. The maximum absolute atomic E-state index is 11.2. The fourth-order valence-corrected chi connectivity index (χ4v) is 1.50. The van der Waals surface area contributed by atoms with Crippen LogP contribution in [0.15, 0.2) is 5.16 Å². The van der Waals surface area contributed by atoms with E-state index in [1.165, 1.54) is 6.92 Å². The molecule has 14 heavy (non-hydrogen) atoms. The molecule has 0 spiro atoms. The van der Waals surface area contributed by atoms with Gasteiger partial charge in [-0.2, -0.15) is 0 Å². The fourth-order valence-electron chi connectivity index (χ4n) is 1.50. The van der Waals surface area contributed by atoms with E-state index >= 15 is 0 Å². The molecular weight excluding hydrogens is 182 g/mol. The van der Waals surface area contributed by atoms with Gasteiger partial charge in [-0.3, -0.25) is 4.79 Å². The normalized spacial score (nSPS) is 19.4. The van der Waals surface area contributed by atoms with Gasteiger partial charge in [0.2, 0.25) is 0 Å². The van der Waals surface area contributed by atoms with Crippen LogP contribution in [0.5, 0.6) is 0 Å². The van der Waals surface area contributed by atoms with Crippen molar-refractivity contribution in [2.75, 3.05) is 19.6 Å². The maximum atomic E-state index is 11.2. The van der Waals surface area contributed by atoms with Gasteiger partial charge in [0.05, 0.1) is 0 Å². The van der Waals surface area contributed by atoms with Crippen LogP contribution < -0.4 is 10.6 Å². The summed E-state index contributed by atoms with van der Waals surface area (Å²) in [6, 6.07) is 0. The van der Waals surface area contributed by atoms with Crippen molar-refractivity contribution in [3.63, 3.8) is 0 Å². The molecule has 1 aliphatic rings. The summed E-state index contributed by atoms with van der Waals surface area (Å²) < 4.78 is 0. The summed E-state index contributed by atoms with van der Waals surface area (Å²) in [5.41, 5.74) is 0.110. The van der Waals surface area contributed by atoms with Gasteiger partial charge < -0.3 is 15.8 Å². The first kappa shape index (κ1) is 11.0. The number of piperidine rings is 1. The van der Waals surface area contributed by atoms with Gasteiger partial charge in [0.15, 0.2) is 0 Å². The number of carbonyl (C=O) groups excluding carboxylic acids is 1. The molecule has 1 rings (SSSR count). The molecule has 1 heterocycles. The van der Waals surface area contributed by atoms with E-state index in [9.17, 15) is 4.79 Å². The van der Waals surface area contributed by atoms with E-state index in [4.69, 9.17) is 5.21 Å². The standard InChI is InChI=1S/C9H17N3O2/c1-7(12-14)9(13)11-6-8-2-4-10-5-3-8/h8,10,14H,2-6H2,1H3,(H,11,13)/b12-7+. The van der Waals surface area contributed by atoms with E-state index in [0.29, 0.717) is 12.5 Å². The molecule has 80 valence electrons. The zero-order chi connectivity index (χ0) is 10.4. The molecule has 1 aliphatic heterocycles. The summed E-state index contributed by atoms with van der Waals surface area (Å²) >= 11 is 0. The molecule has 1 amide bonds. The molecule has 0 aromatic rings. The Hall–Kier alpha value is -1.10. The first-order chi connectivity index (χ1) is 6.74. The highest BCUT2D eigenvalue weighted by atomic mass is 16.4. The van der Waals surface area contributed by atoms with Crippen LogP contribution in [0.2, 0.25) is 0 Å². The Morgan fingerprint density at radius 3 is 2.79 bits per heavy atom. The van der Waals surface area contributed by atoms with Crippen LogP contribution in [0.25, 0.3) is 0 Å². The topological polar surface area (TPSA) is 73.7 Å². The minimum Gasteiger partial charge on any atom is -0.410 e. The van der Waals surface area contributed by atoms with Crippen LogP contribution in [0.4, 0.5) is 0 Å². The number of rotatable bonds is 3. The van der Waals surface area contributed by atoms with E-state index in [1.807, 2.05) is 0 Å². The van der Waals surface area contributed by atoms with Crippen LogP contribution in [-0.2, 0) is 4.79 Å². The van der Waals surface area contributed by atoms with Crippen molar-refractivity contribution in [2.24, 2.45) is 11.1 Å². The molecule has 0 bridgehead atoms. The first-order valence-corrected chi connectivity index (χ1v) is 4.91. The van der Waals surface area contributed by atoms with Gasteiger partial charge in [0, 0.05) is 6.54 Å². The molecule has 5 nitrogen and oxygen atoms in total. The molecule has 0 saturated carbocycles. The second-order valence-corrected chi connectivity index (χ2v) is 3.59. The fraction of sp³-hybridized carbons (Fsp3) is 0.778. The molecule has 0 atom stereocenters. The third kappa shape index (κ3) is 3.33. The molecule has 0 radical (unpaired) electrons. The molecule has 5 heteroatoms. The summed E-state index contributed by atoms with van der Waals surface area (Å²) in [6.07, 6.45) is 2.19. The molecule has 0 aliphatic carbocycles. The van der Waals surface area contributed by atoms with Gasteiger partial charge in [0.25, 0.3) is 5.91 Å². The van der Waals surface area contributed by atoms with Crippen molar-refractivity contribution in [3.05, 3.63) is 0 Å². The number of nitrogens with zero attached hydrogens (tertiary/aromatic N) is 1. The number of oxime groups is 1. The number of hydrogen-bond acceptors (Lipinski definition) is 4. The lowest BCUT2D eigenvalue weighted by Crippen LogP contribution is -2.38. The highest BCUT2D eigenvalue weighted by Crippen LogP contribution is 2.09. The summed E-state index contributed by atoms with van der Waals surface area (Å²) in [4.78, 5) is 11.2. The highest BCUT2D eigenvalue weighted by molar-refractivity contribution is 6.37. The predicted octanol–water partition coefficient (Wildman–Crippen LogP) is -0.0477. The van der Waals surface area contributed by atoms with Crippen LogP contribution in [-0.4, -0.2) is 36.5 Å². The Morgan fingerprint density at radius 1 is 1.57 bits per heavy atom. The van der Waals surface area contributed by atoms with Gasteiger partial charge in [-0.05, 0) is 38.8 Å². The Labute approximate surface area is 83.6 Å². The van der Waals surface area contributed by atoms with Crippen molar-refractivity contribution in [3.8, 4) is 0 Å². The molecule has 1 saturated heterocycles. The lowest BCUT2D eigenvalue weighted by Gasteiger charge is -2.22. The van der Waals surface area contributed by atoms with Crippen molar-refractivity contribution < 1.29 is 10.0 Å². The molecule has 3 N–H and O–H groups in total. The Morgan fingerprint density at radius 2 is 2.21 bits per heavy atom. The summed E-state index contributed by atoms with van der Waals surface area (Å²) in [7, 11) is 0. The molecule has 1 fully saturated rings. The predicted molar refractivity (Wildman–Crippen MR) is 53.5 cm³/mol. The van der Waals surface area contributed by atoms with Gasteiger partial charge in [-0.1, -0.05) is 5.16 Å². The van der Waals surface area contributed by atoms with Gasteiger partial charge in [-0.25, -0.2) is 0 Å². The summed E-state index contributed by atoms with van der Waals surface area (Å²) in [6.45, 7) is 4.20.